The summed E-state index contributed by atoms with van der Waals surface area (Å²) in [5, 5.41) is 7.58. The Morgan fingerprint density at radius 1 is 1.32 bits per heavy atom. The molecule has 0 spiro atoms. The fourth-order valence-corrected chi connectivity index (χ4v) is 4.12. The average molecular weight is 361 g/mol. The monoisotopic (exact) mass is 361 g/mol. The van der Waals surface area contributed by atoms with Crippen LogP contribution in [0.5, 0.6) is 5.75 Å². The molecule has 134 valence electrons. The minimum Gasteiger partial charge on any atom is -0.493 e. The largest absolute Gasteiger partial charge is 0.493 e. The smallest absolute Gasteiger partial charge is 0.260 e. The zero-order valence-corrected chi connectivity index (χ0v) is 15.8. The van der Waals surface area contributed by atoms with Crippen LogP contribution in [0.1, 0.15) is 49.3 Å². The lowest BCUT2D eigenvalue weighted by molar-refractivity contribution is 0.102. The quantitative estimate of drug-likeness (QED) is 0.908. The van der Waals surface area contributed by atoms with E-state index in [4.69, 9.17) is 4.74 Å². The first-order valence-electron chi connectivity index (χ1n) is 8.30. The summed E-state index contributed by atoms with van der Waals surface area (Å²) in [5.41, 5.74) is 1.85. The summed E-state index contributed by atoms with van der Waals surface area (Å²) < 4.78 is 19.3. The second-order valence-electron chi connectivity index (χ2n) is 6.97. The van der Waals surface area contributed by atoms with Crippen LogP contribution < -0.4 is 10.1 Å². The van der Waals surface area contributed by atoms with Crippen molar-refractivity contribution in [1.82, 2.24) is 9.78 Å². The molecular weight excluding hydrogens is 338 g/mol. The number of hydrogen-bond donors (Lipinski definition) is 1. The second-order valence-corrected chi connectivity index (χ2v) is 8.43. The highest BCUT2D eigenvalue weighted by Crippen LogP contribution is 2.33. The number of ether oxygens (including phenoxy) is 1. The number of amides is 1. The molecule has 2 heterocycles. The van der Waals surface area contributed by atoms with Gasteiger partial charge in [0.05, 0.1) is 34.9 Å². The van der Waals surface area contributed by atoms with E-state index in [0.29, 0.717) is 35.2 Å². The van der Waals surface area contributed by atoms with E-state index in [-0.39, 0.29) is 11.4 Å². The molecule has 0 radical (unpaired) electrons. The van der Waals surface area contributed by atoms with Crippen LogP contribution in [0.3, 0.4) is 0 Å². The lowest BCUT2D eigenvalue weighted by atomic mass is 10.1. The minimum absolute atomic E-state index is 0.255. The van der Waals surface area contributed by atoms with Crippen LogP contribution in [0.4, 0.5) is 5.82 Å². The Bertz CT molecular complexity index is 837. The van der Waals surface area contributed by atoms with Gasteiger partial charge in [0.1, 0.15) is 11.6 Å². The zero-order chi connectivity index (χ0) is 18.2. The maximum absolute atomic E-state index is 12.9. The third kappa shape index (κ3) is 3.46. The van der Waals surface area contributed by atoms with E-state index in [2.05, 4.69) is 10.4 Å². The van der Waals surface area contributed by atoms with E-state index in [9.17, 15) is 9.00 Å². The normalized spacial score (nSPS) is 16.6. The Morgan fingerprint density at radius 3 is 2.72 bits per heavy atom. The zero-order valence-electron chi connectivity index (χ0n) is 15.0. The van der Waals surface area contributed by atoms with Crippen molar-refractivity contribution in [3.05, 3.63) is 41.1 Å². The summed E-state index contributed by atoms with van der Waals surface area (Å²) in [4.78, 5) is 12.9. The number of carbonyl (C=O) groups excluding carboxylic acids is 1. The van der Waals surface area contributed by atoms with Crippen molar-refractivity contribution >= 4 is 22.5 Å². The molecule has 0 unspecified atom stereocenters. The Labute approximate surface area is 150 Å². The van der Waals surface area contributed by atoms with Crippen LogP contribution in [0.2, 0.25) is 0 Å². The number of nitrogens with zero attached hydrogens (tertiary/aromatic N) is 2. The van der Waals surface area contributed by atoms with Crippen LogP contribution in [0.15, 0.2) is 24.3 Å². The van der Waals surface area contributed by atoms with E-state index in [1.807, 2.05) is 38.4 Å². The molecule has 7 heteroatoms. The SMILES string of the molecule is CCOc1ccccc1C(=O)Nc1c2c(nn1C(C)(C)C)C[S@@](=O)C2. The third-order valence-corrected chi connectivity index (χ3v) is 5.17. The highest BCUT2D eigenvalue weighted by molar-refractivity contribution is 7.83. The molecule has 1 aliphatic rings. The van der Waals surface area contributed by atoms with Gasteiger partial charge in [-0.1, -0.05) is 12.1 Å². The molecule has 0 saturated carbocycles. The lowest BCUT2D eigenvalue weighted by Crippen LogP contribution is -2.27. The van der Waals surface area contributed by atoms with Crippen molar-refractivity contribution in [3.8, 4) is 5.75 Å². The molecular formula is C18H23N3O3S. The van der Waals surface area contributed by atoms with E-state index in [1.165, 1.54) is 0 Å². The van der Waals surface area contributed by atoms with Gasteiger partial charge in [0, 0.05) is 16.4 Å². The van der Waals surface area contributed by atoms with Gasteiger partial charge < -0.3 is 10.1 Å². The molecule has 0 bridgehead atoms. The van der Waals surface area contributed by atoms with E-state index in [0.717, 1.165) is 11.3 Å². The molecule has 0 saturated heterocycles. The standard InChI is InChI=1S/C18H23N3O3S/c1-5-24-15-9-7-6-8-12(15)17(22)19-16-13-10-25(23)11-14(13)20-21(16)18(2,3)4/h6-9H,5,10-11H2,1-4H3,(H,19,22)/t25-/m0/s1. The van der Waals surface area contributed by atoms with Gasteiger partial charge in [-0.25, -0.2) is 4.68 Å². The van der Waals surface area contributed by atoms with Crippen LogP contribution in [-0.2, 0) is 27.8 Å². The number of benzene rings is 1. The number of nitrogens with one attached hydrogen (secondary N) is 1. The molecule has 1 aromatic heterocycles. The summed E-state index contributed by atoms with van der Waals surface area (Å²) in [6.07, 6.45) is 0. The van der Waals surface area contributed by atoms with Crippen LogP contribution >= 0.6 is 0 Å². The van der Waals surface area contributed by atoms with Gasteiger partial charge in [-0.05, 0) is 39.8 Å². The topological polar surface area (TPSA) is 73.2 Å². The van der Waals surface area contributed by atoms with Gasteiger partial charge in [-0.2, -0.15) is 5.10 Å². The van der Waals surface area contributed by atoms with E-state index >= 15 is 0 Å². The number of hydrogen-bond acceptors (Lipinski definition) is 4. The van der Waals surface area contributed by atoms with Crippen molar-refractivity contribution in [1.29, 1.82) is 0 Å². The molecule has 2 aromatic rings. The number of anilines is 1. The summed E-state index contributed by atoms with van der Waals surface area (Å²) in [6, 6.07) is 7.15. The first-order valence-corrected chi connectivity index (χ1v) is 9.79. The third-order valence-electron chi connectivity index (χ3n) is 3.97. The molecule has 0 fully saturated rings. The van der Waals surface area contributed by atoms with Crippen LogP contribution in [0, 0.1) is 0 Å². The molecule has 1 atom stereocenters. The molecule has 1 amide bonds. The lowest BCUT2D eigenvalue weighted by Gasteiger charge is -2.23. The van der Waals surface area contributed by atoms with Crippen LogP contribution in [0.25, 0.3) is 0 Å². The molecule has 1 N–H and O–H groups in total. The van der Waals surface area contributed by atoms with Gasteiger partial charge in [0.25, 0.3) is 5.91 Å². The number of aromatic nitrogens is 2. The summed E-state index contributed by atoms with van der Waals surface area (Å²) in [6.45, 7) is 8.44. The first-order chi connectivity index (χ1) is 11.8. The van der Waals surface area contributed by atoms with Crippen molar-refractivity contribution in [3.63, 3.8) is 0 Å². The fraction of sp³-hybridized carbons (Fsp3) is 0.444. The molecule has 0 aliphatic carbocycles. The molecule has 1 aliphatic heterocycles. The van der Waals surface area contributed by atoms with Crippen molar-refractivity contribution in [2.45, 2.75) is 44.7 Å². The fourth-order valence-electron chi connectivity index (χ4n) is 2.85. The molecule has 25 heavy (non-hydrogen) atoms. The summed E-state index contributed by atoms with van der Waals surface area (Å²) >= 11 is 0. The predicted octanol–water partition coefficient (Wildman–Crippen LogP) is 3.05. The Morgan fingerprint density at radius 2 is 2.04 bits per heavy atom. The van der Waals surface area contributed by atoms with Gasteiger partial charge in [0.15, 0.2) is 0 Å². The van der Waals surface area contributed by atoms with E-state index < -0.39 is 10.8 Å². The van der Waals surface area contributed by atoms with E-state index in [1.54, 1.807) is 18.2 Å². The first kappa shape index (κ1) is 17.7. The summed E-state index contributed by atoms with van der Waals surface area (Å²) in [5.74, 6) is 1.79. The Hall–Kier alpha value is -2.15. The number of rotatable bonds is 4. The molecule has 6 nitrogen and oxygen atoms in total. The van der Waals surface area contributed by atoms with Crippen molar-refractivity contribution < 1.29 is 13.7 Å². The van der Waals surface area contributed by atoms with Gasteiger partial charge in [0.2, 0.25) is 0 Å². The maximum Gasteiger partial charge on any atom is 0.260 e. The van der Waals surface area contributed by atoms with Crippen molar-refractivity contribution in [2.75, 3.05) is 11.9 Å². The number of fused-ring (bicyclic) bond motifs is 1. The number of para-hydroxylation sites is 1. The number of carbonyl (C=O) groups is 1. The van der Waals surface area contributed by atoms with Crippen LogP contribution in [-0.4, -0.2) is 26.5 Å². The minimum atomic E-state index is -0.952. The predicted molar refractivity (Wildman–Crippen MR) is 98.3 cm³/mol. The van der Waals surface area contributed by atoms with Gasteiger partial charge in [-0.3, -0.25) is 9.00 Å². The second kappa shape index (κ2) is 6.63. The van der Waals surface area contributed by atoms with Crippen molar-refractivity contribution in [2.24, 2.45) is 0 Å². The molecule has 3 rings (SSSR count). The maximum atomic E-state index is 12.9. The Balaban J connectivity index is 1.98. The van der Waals surface area contributed by atoms with Gasteiger partial charge in [-0.15, -0.1) is 0 Å². The summed E-state index contributed by atoms with van der Waals surface area (Å²) in [7, 11) is -0.952. The average Bonchev–Trinajstić information content (AvgIpc) is 3.05. The highest BCUT2D eigenvalue weighted by Gasteiger charge is 2.31. The highest BCUT2D eigenvalue weighted by atomic mass is 32.2. The Kier molecular flexibility index (Phi) is 4.69. The molecule has 1 aromatic carbocycles. The van der Waals surface area contributed by atoms with Gasteiger partial charge >= 0.3 is 0 Å².